The van der Waals surface area contributed by atoms with Crippen LogP contribution in [0.15, 0.2) is 47.5 Å². The van der Waals surface area contributed by atoms with Gasteiger partial charge in [-0.1, -0.05) is 19.9 Å². The third-order valence-corrected chi connectivity index (χ3v) is 6.14. The van der Waals surface area contributed by atoms with Crippen LogP contribution in [0, 0.1) is 6.92 Å². The van der Waals surface area contributed by atoms with E-state index in [0.29, 0.717) is 11.1 Å². The van der Waals surface area contributed by atoms with Gasteiger partial charge in [0.1, 0.15) is 0 Å². The van der Waals surface area contributed by atoms with E-state index in [2.05, 4.69) is 47.2 Å². The normalized spacial score (nSPS) is 11.4. The maximum Gasteiger partial charge on any atom is 0.253 e. The topological polar surface area (TPSA) is 92.7 Å². The van der Waals surface area contributed by atoms with E-state index in [4.69, 9.17) is 0 Å². The zero-order chi connectivity index (χ0) is 24.4. The summed E-state index contributed by atoms with van der Waals surface area (Å²) in [5.41, 5.74) is 6.46. The van der Waals surface area contributed by atoms with Crippen LogP contribution >= 0.6 is 0 Å². The predicted octanol–water partition coefficient (Wildman–Crippen LogP) is 4.73. The SMILES string of the molecule is CCc1ccc(-c2cc(C(=O)NCc3c(CC)cc(C)[nH]c3=O)c3cnn(C(C)C)c3c2)cn1. The molecule has 1 amide bonds. The van der Waals surface area contributed by atoms with Gasteiger partial charge in [0.2, 0.25) is 0 Å². The molecule has 0 saturated heterocycles. The number of nitrogens with zero attached hydrogens (tertiary/aromatic N) is 3. The van der Waals surface area contributed by atoms with Crippen molar-refractivity contribution in [3.8, 4) is 11.1 Å². The summed E-state index contributed by atoms with van der Waals surface area (Å²) >= 11 is 0. The van der Waals surface area contributed by atoms with Crippen LogP contribution in [0.3, 0.4) is 0 Å². The minimum atomic E-state index is -0.240. The second kappa shape index (κ2) is 9.63. The predicted molar refractivity (Wildman–Crippen MR) is 135 cm³/mol. The van der Waals surface area contributed by atoms with Crippen molar-refractivity contribution in [3.63, 3.8) is 0 Å². The Kier molecular flexibility index (Phi) is 6.63. The fraction of sp³-hybridized carbons (Fsp3) is 0.333. The molecule has 3 heterocycles. The van der Waals surface area contributed by atoms with Gasteiger partial charge in [-0.15, -0.1) is 0 Å². The fourth-order valence-corrected chi connectivity index (χ4v) is 4.27. The van der Waals surface area contributed by atoms with Gasteiger partial charge in [0.05, 0.1) is 17.3 Å². The number of hydrogen-bond donors (Lipinski definition) is 2. The van der Waals surface area contributed by atoms with E-state index in [1.807, 2.05) is 49.0 Å². The number of carbonyl (C=O) groups excluding carboxylic acids is 1. The van der Waals surface area contributed by atoms with Crippen LogP contribution in [-0.4, -0.2) is 25.7 Å². The van der Waals surface area contributed by atoms with E-state index >= 15 is 0 Å². The number of aryl methyl sites for hydroxylation is 3. The number of benzene rings is 1. The number of carbonyl (C=O) groups is 1. The molecule has 0 saturated carbocycles. The van der Waals surface area contributed by atoms with Crippen molar-refractivity contribution in [2.75, 3.05) is 0 Å². The summed E-state index contributed by atoms with van der Waals surface area (Å²) in [4.78, 5) is 33.3. The van der Waals surface area contributed by atoms with E-state index in [-0.39, 0.29) is 24.1 Å². The molecular formula is C27H31N5O2. The van der Waals surface area contributed by atoms with E-state index < -0.39 is 0 Å². The second-order valence-corrected chi connectivity index (χ2v) is 8.85. The summed E-state index contributed by atoms with van der Waals surface area (Å²) in [5, 5.41) is 8.28. The van der Waals surface area contributed by atoms with Gasteiger partial charge in [-0.25, -0.2) is 0 Å². The second-order valence-electron chi connectivity index (χ2n) is 8.85. The Labute approximate surface area is 199 Å². The first-order chi connectivity index (χ1) is 16.3. The molecule has 0 aliphatic rings. The number of rotatable bonds is 7. The first kappa shape index (κ1) is 23.4. The molecule has 34 heavy (non-hydrogen) atoms. The summed E-state index contributed by atoms with van der Waals surface area (Å²) < 4.78 is 1.92. The average Bonchev–Trinajstić information content (AvgIpc) is 3.26. The van der Waals surface area contributed by atoms with Gasteiger partial charge in [0.15, 0.2) is 0 Å². The first-order valence-corrected chi connectivity index (χ1v) is 11.8. The Bertz CT molecular complexity index is 1400. The fourth-order valence-electron chi connectivity index (χ4n) is 4.27. The number of aromatic amines is 1. The molecule has 0 atom stereocenters. The van der Waals surface area contributed by atoms with Gasteiger partial charge in [-0.05, 0) is 69.0 Å². The smallest absolute Gasteiger partial charge is 0.253 e. The largest absolute Gasteiger partial charge is 0.348 e. The van der Waals surface area contributed by atoms with Gasteiger partial charge in [-0.2, -0.15) is 5.10 Å². The zero-order valence-electron chi connectivity index (χ0n) is 20.4. The number of H-pyrrole nitrogens is 1. The molecule has 4 rings (SSSR count). The van der Waals surface area contributed by atoms with Crippen molar-refractivity contribution >= 4 is 16.8 Å². The summed E-state index contributed by atoms with van der Waals surface area (Å²) in [6.45, 7) is 10.2. The summed E-state index contributed by atoms with van der Waals surface area (Å²) in [6, 6.07) is 10.1. The number of aromatic nitrogens is 4. The van der Waals surface area contributed by atoms with Gasteiger partial charge < -0.3 is 10.3 Å². The average molecular weight is 458 g/mol. The number of nitrogens with one attached hydrogen (secondary N) is 2. The van der Waals surface area contributed by atoms with Crippen LogP contribution in [0.5, 0.6) is 0 Å². The van der Waals surface area contributed by atoms with Gasteiger partial charge >= 0.3 is 0 Å². The third-order valence-electron chi connectivity index (χ3n) is 6.14. The number of hydrogen-bond acceptors (Lipinski definition) is 4. The summed E-state index contributed by atoms with van der Waals surface area (Å²) in [6.07, 6.45) is 5.17. The molecule has 1 aromatic carbocycles. The molecule has 0 fully saturated rings. The van der Waals surface area contributed by atoms with Crippen LogP contribution in [0.4, 0.5) is 0 Å². The van der Waals surface area contributed by atoms with Crippen LogP contribution in [0.2, 0.25) is 0 Å². The lowest BCUT2D eigenvalue weighted by Gasteiger charge is -2.13. The molecule has 7 nitrogen and oxygen atoms in total. The van der Waals surface area contributed by atoms with Crippen molar-refractivity contribution in [2.45, 2.75) is 60.0 Å². The molecule has 0 aliphatic heterocycles. The molecule has 0 aliphatic carbocycles. The maximum absolute atomic E-state index is 13.4. The van der Waals surface area contributed by atoms with E-state index in [1.54, 1.807) is 6.20 Å². The molecule has 0 spiro atoms. The lowest BCUT2D eigenvalue weighted by molar-refractivity contribution is 0.0952. The molecular weight excluding hydrogens is 426 g/mol. The molecule has 176 valence electrons. The number of amides is 1. The van der Waals surface area contributed by atoms with Gasteiger partial charge in [0, 0.05) is 46.7 Å². The van der Waals surface area contributed by atoms with Crippen molar-refractivity contribution < 1.29 is 4.79 Å². The first-order valence-electron chi connectivity index (χ1n) is 11.8. The molecule has 0 radical (unpaired) electrons. The van der Waals surface area contributed by atoms with E-state index in [0.717, 1.165) is 51.8 Å². The highest BCUT2D eigenvalue weighted by Gasteiger charge is 2.18. The van der Waals surface area contributed by atoms with E-state index in [9.17, 15) is 9.59 Å². The Morgan fingerprint density at radius 1 is 1.09 bits per heavy atom. The minimum Gasteiger partial charge on any atom is -0.348 e. The van der Waals surface area contributed by atoms with Gasteiger partial charge in [-0.3, -0.25) is 19.3 Å². The Morgan fingerprint density at radius 3 is 2.53 bits per heavy atom. The van der Waals surface area contributed by atoms with Gasteiger partial charge in [0.25, 0.3) is 11.5 Å². The highest BCUT2D eigenvalue weighted by atomic mass is 16.1. The highest BCUT2D eigenvalue weighted by Crippen LogP contribution is 2.29. The van der Waals surface area contributed by atoms with Crippen LogP contribution in [0.1, 0.15) is 66.6 Å². The minimum absolute atomic E-state index is 0.141. The van der Waals surface area contributed by atoms with Crippen molar-refractivity contribution in [1.82, 2.24) is 25.1 Å². The van der Waals surface area contributed by atoms with Crippen LogP contribution in [-0.2, 0) is 19.4 Å². The summed E-state index contributed by atoms with van der Waals surface area (Å²) in [5.74, 6) is -0.240. The lowest BCUT2D eigenvalue weighted by Crippen LogP contribution is -2.28. The molecule has 7 heteroatoms. The highest BCUT2D eigenvalue weighted by molar-refractivity contribution is 6.08. The molecule has 4 aromatic rings. The van der Waals surface area contributed by atoms with Crippen LogP contribution < -0.4 is 10.9 Å². The number of pyridine rings is 2. The van der Waals surface area contributed by atoms with E-state index in [1.165, 1.54) is 0 Å². The number of fused-ring (bicyclic) bond motifs is 1. The maximum atomic E-state index is 13.4. The monoisotopic (exact) mass is 457 g/mol. The molecule has 0 unspecified atom stereocenters. The quantitative estimate of drug-likeness (QED) is 0.420. The Balaban J connectivity index is 1.75. The van der Waals surface area contributed by atoms with Crippen molar-refractivity contribution in [3.05, 3.63) is 81.2 Å². The zero-order valence-corrected chi connectivity index (χ0v) is 20.4. The Hall–Kier alpha value is -3.74. The molecule has 3 aromatic heterocycles. The van der Waals surface area contributed by atoms with Crippen molar-refractivity contribution in [1.29, 1.82) is 0 Å². The standard InChI is InChI=1S/C27H31N5O2/c1-6-18-10-17(5)31-27(34)23(18)14-29-26(33)22-11-20(19-8-9-21(7-2)28-13-19)12-25-24(22)15-30-32(25)16(3)4/h8-13,15-16H,6-7,14H2,1-5H3,(H,29,33)(H,31,34). The van der Waals surface area contributed by atoms with Crippen molar-refractivity contribution in [2.24, 2.45) is 0 Å². The Morgan fingerprint density at radius 2 is 1.88 bits per heavy atom. The lowest BCUT2D eigenvalue weighted by atomic mass is 10.00. The molecule has 2 N–H and O–H groups in total. The third kappa shape index (κ3) is 4.51. The molecule has 0 bridgehead atoms. The van der Waals surface area contributed by atoms with Crippen LogP contribution in [0.25, 0.3) is 22.0 Å². The summed E-state index contributed by atoms with van der Waals surface area (Å²) in [7, 11) is 0.